The van der Waals surface area contributed by atoms with Crippen LogP contribution in [0.3, 0.4) is 0 Å². The van der Waals surface area contributed by atoms with Crippen molar-refractivity contribution < 1.29 is 18.9 Å². The van der Waals surface area contributed by atoms with Crippen molar-refractivity contribution in [2.45, 2.75) is 156 Å². The van der Waals surface area contributed by atoms with Gasteiger partial charge in [0.25, 0.3) is 0 Å². The van der Waals surface area contributed by atoms with Gasteiger partial charge in [-0.1, -0.05) is 143 Å². The molecule has 0 spiro atoms. The van der Waals surface area contributed by atoms with E-state index in [0.29, 0.717) is 13.2 Å². The van der Waals surface area contributed by atoms with Crippen molar-refractivity contribution in [3.8, 4) is 102 Å². The fourth-order valence-electron chi connectivity index (χ4n) is 9.94. The van der Waals surface area contributed by atoms with Crippen molar-refractivity contribution in [3.05, 3.63) is 95.7 Å². The molecule has 1 aromatic carbocycles. The van der Waals surface area contributed by atoms with Crippen molar-refractivity contribution in [3.63, 3.8) is 0 Å². The van der Waals surface area contributed by atoms with E-state index in [0.717, 1.165) is 93.8 Å². The van der Waals surface area contributed by atoms with Gasteiger partial charge in [0.2, 0.25) is 0 Å². The van der Waals surface area contributed by atoms with Gasteiger partial charge in [-0.25, -0.2) is 0 Å². The number of unbranched alkanes of at least 4 members (excludes halogenated alkanes) is 16. The Hall–Kier alpha value is -4.16. The second-order valence-electron chi connectivity index (χ2n) is 20.7. The summed E-state index contributed by atoms with van der Waals surface area (Å²) in [5.74, 6) is 3.91. The minimum absolute atomic E-state index is 0.699. The summed E-state index contributed by atoms with van der Waals surface area (Å²) in [5, 5.41) is 4.31. The van der Waals surface area contributed by atoms with E-state index in [1.165, 1.54) is 173 Å². The van der Waals surface area contributed by atoms with Crippen LogP contribution in [0.5, 0.6) is 23.0 Å². The Balaban J connectivity index is 0.900. The van der Waals surface area contributed by atoms with Crippen LogP contribution >= 0.6 is 102 Å². The number of ether oxygens (including phenoxy) is 4. The molecule has 9 aromatic heterocycles. The fraction of sp³-hybridized carbons (Fsp3) is 0.424. The number of hydrogen-bond acceptors (Lipinski definition) is 15. The predicted octanol–water partition coefficient (Wildman–Crippen LogP) is 24.9. The third kappa shape index (κ3) is 15.6. The maximum absolute atomic E-state index is 6.76. The third-order valence-electron chi connectivity index (χ3n) is 14.4. The molecular formula is C66H76N2O4S9. The predicted molar refractivity (Wildman–Crippen MR) is 361 cm³/mol. The monoisotopic (exact) mass is 1250 g/mol. The van der Waals surface area contributed by atoms with E-state index < -0.39 is 0 Å². The first kappa shape index (κ1) is 60.0. The quantitative estimate of drug-likeness (QED) is 0.0365. The summed E-state index contributed by atoms with van der Waals surface area (Å²) in [7, 11) is 0. The Bertz CT molecular complexity index is 3240. The molecule has 428 valence electrons. The number of rotatable bonds is 36. The van der Waals surface area contributed by atoms with Crippen molar-refractivity contribution in [2.75, 3.05) is 26.4 Å². The number of nitrogens with zero attached hydrogens (tertiary/aromatic N) is 2. The Labute approximate surface area is 517 Å². The third-order valence-corrected chi connectivity index (χ3v) is 24.5. The second kappa shape index (κ2) is 31.1. The standard InChI is InChI=1S/C66H76N2O4S9/c1-5-9-13-17-21-37-69-47-35-41-73-63(47)55-31-27-51(75-55)53-29-33-57(77-53)65-49(71-39-23-19-15-11-7-3)43-59(79-65)45-25-26-46(62-61(45)67-81-68-62)60-44-50(72-40-24-20-16-12-8-4)66(80-60)58-34-30-54(78-58)52-28-32-56(76-52)64-48(36-42-74-64)70-38-22-18-14-10-6-2/h25-36,41-44H,5-24,37-40H2,1-4H3. The summed E-state index contributed by atoms with van der Waals surface area (Å²) >= 11 is 15.8. The molecule has 0 unspecified atom stereocenters. The van der Waals surface area contributed by atoms with E-state index in [1.54, 1.807) is 45.3 Å². The largest absolute Gasteiger partial charge is 0.492 e. The lowest BCUT2D eigenvalue weighted by atomic mass is 10.1. The van der Waals surface area contributed by atoms with Crippen LogP contribution in [0.1, 0.15) is 156 Å². The Morgan fingerprint density at radius 1 is 0.296 bits per heavy atom. The highest BCUT2D eigenvalue weighted by Crippen LogP contribution is 2.53. The summed E-state index contributed by atoms with van der Waals surface area (Å²) < 4.78 is 36.2. The van der Waals surface area contributed by atoms with Crippen LogP contribution in [0.25, 0.3) is 90.4 Å². The zero-order chi connectivity index (χ0) is 55.6. The molecule has 0 N–H and O–H groups in total. The van der Waals surface area contributed by atoms with Gasteiger partial charge in [-0.15, -0.1) is 90.7 Å². The van der Waals surface area contributed by atoms with Crippen LogP contribution in [0.4, 0.5) is 0 Å². The van der Waals surface area contributed by atoms with Crippen LogP contribution < -0.4 is 18.9 Å². The minimum Gasteiger partial charge on any atom is -0.492 e. The summed E-state index contributed by atoms with van der Waals surface area (Å²) in [5.41, 5.74) is 4.02. The molecule has 15 heteroatoms. The van der Waals surface area contributed by atoms with Crippen LogP contribution in [-0.2, 0) is 0 Å². The summed E-state index contributed by atoms with van der Waals surface area (Å²) in [6, 6.07) is 31.5. The lowest BCUT2D eigenvalue weighted by Gasteiger charge is -2.06. The normalized spacial score (nSPS) is 11.7. The van der Waals surface area contributed by atoms with Gasteiger partial charge in [0.15, 0.2) is 0 Å². The summed E-state index contributed by atoms with van der Waals surface area (Å²) in [6.45, 7) is 12.0. The van der Waals surface area contributed by atoms with Gasteiger partial charge in [-0.2, -0.15) is 8.75 Å². The average Bonchev–Trinajstić information content (AvgIpc) is 4.51. The van der Waals surface area contributed by atoms with Gasteiger partial charge in [-0.3, -0.25) is 0 Å². The fourth-order valence-corrected chi connectivity index (χ4v) is 19.1. The minimum atomic E-state index is 0.699. The van der Waals surface area contributed by atoms with E-state index in [1.807, 2.05) is 45.3 Å². The number of hydrogen-bond donors (Lipinski definition) is 0. The molecule has 10 rings (SSSR count). The Morgan fingerprint density at radius 2 is 0.605 bits per heavy atom. The maximum Gasteiger partial charge on any atom is 0.139 e. The van der Waals surface area contributed by atoms with Gasteiger partial charge in [0.05, 0.1) is 57.7 Å². The molecule has 0 aliphatic rings. The number of thiophene rings is 8. The molecule has 81 heavy (non-hydrogen) atoms. The smallest absolute Gasteiger partial charge is 0.139 e. The van der Waals surface area contributed by atoms with Crippen LogP contribution in [-0.4, -0.2) is 35.2 Å². The maximum atomic E-state index is 6.76. The van der Waals surface area contributed by atoms with E-state index in [2.05, 4.69) is 123 Å². The molecule has 0 atom stereocenters. The zero-order valence-corrected chi connectivity index (χ0v) is 54.8. The van der Waals surface area contributed by atoms with Gasteiger partial charge in [0.1, 0.15) is 34.0 Å². The molecular weight excluding hydrogens is 1170 g/mol. The Kier molecular flexibility index (Phi) is 23.0. The summed E-state index contributed by atoms with van der Waals surface area (Å²) in [4.78, 5) is 17.1. The molecule has 0 radical (unpaired) electrons. The number of aromatic nitrogens is 2. The van der Waals surface area contributed by atoms with E-state index in [9.17, 15) is 0 Å². The number of fused-ring (bicyclic) bond motifs is 1. The molecule has 0 aliphatic heterocycles. The first-order chi connectivity index (χ1) is 40.0. The van der Waals surface area contributed by atoms with E-state index >= 15 is 0 Å². The van der Waals surface area contributed by atoms with Crippen LogP contribution in [0.2, 0.25) is 0 Å². The topological polar surface area (TPSA) is 62.7 Å². The van der Waals surface area contributed by atoms with Crippen molar-refractivity contribution in [2.24, 2.45) is 0 Å². The lowest BCUT2D eigenvalue weighted by Crippen LogP contribution is -1.97. The first-order valence-electron chi connectivity index (χ1n) is 29.6. The second-order valence-corrected chi connectivity index (χ2v) is 29.5. The lowest BCUT2D eigenvalue weighted by molar-refractivity contribution is 0.307. The Morgan fingerprint density at radius 3 is 0.951 bits per heavy atom. The molecule has 0 saturated carbocycles. The van der Waals surface area contributed by atoms with Gasteiger partial charge >= 0.3 is 0 Å². The van der Waals surface area contributed by atoms with Crippen molar-refractivity contribution in [1.29, 1.82) is 0 Å². The SMILES string of the molecule is CCCCCCCOc1ccsc1-c1ccc(-c2ccc(-c3sc(-c4ccc(-c5cc(OCCCCCCC)c(-c6ccc(-c7ccc(-c8sccc8OCCCCCCC)s7)s6)s5)c5nsnc45)cc3OCCCCCCC)s2)s1. The van der Waals surface area contributed by atoms with E-state index in [4.69, 9.17) is 27.7 Å². The molecule has 10 aromatic rings. The highest BCUT2D eigenvalue weighted by Gasteiger charge is 2.24. The van der Waals surface area contributed by atoms with Crippen molar-refractivity contribution >= 4 is 113 Å². The van der Waals surface area contributed by atoms with E-state index in [-0.39, 0.29) is 0 Å². The van der Waals surface area contributed by atoms with Crippen molar-refractivity contribution in [1.82, 2.24) is 8.75 Å². The van der Waals surface area contributed by atoms with Crippen LogP contribution in [0, 0.1) is 0 Å². The molecule has 0 fully saturated rings. The first-order valence-corrected chi connectivity index (χ1v) is 37.0. The molecule has 0 saturated heterocycles. The average molecular weight is 1250 g/mol. The molecule has 0 bridgehead atoms. The van der Waals surface area contributed by atoms with Gasteiger partial charge in [0, 0.05) is 59.9 Å². The van der Waals surface area contributed by atoms with Gasteiger partial charge < -0.3 is 18.9 Å². The van der Waals surface area contributed by atoms with Crippen LogP contribution in [0.15, 0.2) is 95.7 Å². The molecule has 0 aliphatic carbocycles. The number of benzene rings is 1. The van der Waals surface area contributed by atoms with Gasteiger partial charge in [-0.05, 0) is 109 Å². The highest BCUT2D eigenvalue weighted by molar-refractivity contribution is 7.30. The molecule has 0 amide bonds. The molecule has 9 heterocycles. The molecule has 6 nitrogen and oxygen atoms in total. The summed E-state index contributed by atoms with van der Waals surface area (Å²) in [6.07, 6.45) is 24.3. The highest BCUT2D eigenvalue weighted by atomic mass is 32.1. The zero-order valence-electron chi connectivity index (χ0n) is 47.4.